The molecule has 0 aliphatic heterocycles. The Hall–Kier alpha value is -3.03. The second kappa shape index (κ2) is 5.53. The number of hydrogen-bond donors (Lipinski definition) is 3. The van der Waals surface area contributed by atoms with Crippen molar-refractivity contribution in [2.45, 2.75) is 0 Å². The number of aromatic nitrogens is 1. The van der Waals surface area contributed by atoms with Gasteiger partial charge in [0.1, 0.15) is 0 Å². The van der Waals surface area contributed by atoms with Crippen LogP contribution in [0.15, 0.2) is 35.3 Å². The van der Waals surface area contributed by atoms with Gasteiger partial charge in [-0.05, 0) is 12.1 Å². The van der Waals surface area contributed by atoms with E-state index in [0.29, 0.717) is 12.1 Å². The first-order valence-electron chi connectivity index (χ1n) is 5.61. The maximum atomic E-state index is 13.2. The highest BCUT2D eigenvalue weighted by Gasteiger charge is 2.17. The number of hydrogen-bond acceptors (Lipinski definition) is 3. The predicted molar refractivity (Wildman–Crippen MR) is 68.3 cm³/mol. The third kappa shape index (κ3) is 3.11. The van der Waals surface area contributed by atoms with Crippen molar-refractivity contribution in [2.24, 2.45) is 0 Å². The summed E-state index contributed by atoms with van der Waals surface area (Å²) in [7, 11) is 0. The van der Waals surface area contributed by atoms with E-state index in [1.54, 1.807) is 0 Å². The molecule has 2 aromatic rings. The fourth-order valence-electron chi connectivity index (χ4n) is 1.57. The van der Waals surface area contributed by atoms with Crippen LogP contribution in [0.2, 0.25) is 0 Å². The van der Waals surface area contributed by atoms with Crippen molar-refractivity contribution in [3.05, 3.63) is 63.6 Å². The molecule has 0 saturated carbocycles. The van der Waals surface area contributed by atoms with Gasteiger partial charge >= 0.3 is 5.97 Å². The number of nitrogens with one attached hydrogen (secondary N) is 2. The molecular formula is C13H8F2N2O4. The first kappa shape index (κ1) is 14.4. The summed E-state index contributed by atoms with van der Waals surface area (Å²) in [5, 5.41) is 11.1. The Morgan fingerprint density at radius 3 is 2.38 bits per heavy atom. The number of carbonyl (C=O) groups is 2. The molecule has 0 atom stereocenters. The van der Waals surface area contributed by atoms with E-state index < -0.39 is 40.3 Å². The summed E-state index contributed by atoms with van der Waals surface area (Å²) in [6, 6.07) is 3.34. The largest absolute Gasteiger partial charge is 0.478 e. The van der Waals surface area contributed by atoms with E-state index in [4.69, 9.17) is 5.11 Å². The normalized spacial score (nSPS) is 10.2. The molecule has 0 saturated heterocycles. The van der Waals surface area contributed by atoms with Crippen molar-refractivity contribution in [1.29, 1.82) is 0 Å². The number of pyridine rings is 1. The lowest BCUT2D eigenvalue weighted by Gasteiger charge is -2.09. The zero-order valence-corrected chi connectivity index (χ0v) is 10.3. The van der Waals surface area contributed by atoms with E-state index in [2.05, 4.69) is 10.3 Å². The van der Waals surface area contributed by atoms with E-state index in [9.17, 15) is 23.2 Å². The van der Waals surface area contributed by atoms with E-state index in [0.717, 1.165) is 12.3 Å². The number of aromatic amines is 1. The fraction of sp³-hybridized carbons (Fsp3) is 0. The third-order valence-electron chi connectivity index (χ3n) is 2.59. The monoisotopic (exact) mass is 294 g/mol. The number of carbonyl (C=O) groups excluding carboxylic acids is 1. The highest BCUT2D eigenvalue weighted by Crippen LogP contribution is 2.20. The van der Waals surface area contributed by atoms with Crippen LogP contribution in [-0.4, -0.2) is 22.0 Å². The zero-order chi connectivity index (χ0) is 15.6. The van der Waals surface area contributed by atoms with E-state index in [1.165, 1.54) is 6.07 Å². The summed E-state index contributed by atoms with van der Waals surface area (Å²) in [4.78, 5) is 35.9. The lowest BCUT2D eigenvalue weighted by atomic mass is 10.1. The van der Waals surface area contributed by atoms with Crippen LogP contribution in [0.5, 0.6) is 0 Å². The molecule has 1 aromatic carbocycles. The molecule has 0 unspecified atom stereocenters. The molecule has 0 radical (unpaired) electrons. The van der Waals surface area contributed by atoms with Gasteiger partial charge in [-0.1, -0.05) is 0 Å². The maximum Gasteiger partial charge on any atom is 0.337 e. The first-order valence-corrected chi connectivity index (χ1v) is 5.61. The Morgan fingerprint density at radius 2 is 1.81 bits per heavy atom. The molecule has 108 valence electrons. The van der Waals surface area contributed by atoms with Crippen LogP contribution < -0.4 is 10.9 Å². The molecular weight excluding hydrogens is 286 g/mol. The molecule has 0 bridgehead atoms. The lowest BCUT2D eigenvalue weighted by Crippen LogP contribution is -2.17. The molecule has 8 heteroatoms. The highest BCUT2D eigenvalue weighted by molar-refractivity contribution is 6.07. The van der Waals surface area contributed by atoms with Gasteiger partial charge in [0.05, 0.1) is 16.8 Å². The summed E-state index contributed by atoms with van der Waals surface area (Å²) in [6.07, 6.45) is 1.11. The van der Waals surface area contributed by atoms with E-state index in [-0.39, 0.29) is 5.56 Å². The summed E-state index contributed by atoms with van der Waals surface area (Å²) >= 11 is 0. The lowest BCUT2D eigenvalue weighted by molar-refractivity contribution is 0.0697. The Balaban J connectivity index is 2.36. The highest BCUT2D eigenvalue weighted by atomic mass is 19.2. The van der Waals surface area contributed by atoms with Crippen LogP contribution >= 0.6 is 0 Å². The summed E-state index contributed by atoms with van der Waals surface area (Å²) < 4.78 is 26.2. The number of carboxylic acids is 1. The van der Waals surface area contributed by atoms with Crippen molar-refractivity contribution in [2.75, 3.05) is 5.32 Å². The Morgan fingerprint density at radius 1 is 1.14 bits per heavy atom. The van der Waals surface area contributed by atoms with Crippen molar-refractivity contribution >= 4 is 17.6 Å². The zero-order valence-electron chi connectivity index (χ0n) is 10.3. The molecule has 1 aromatic heterocycles. The smallest absolute Gasteiger partial charge is 0.337 e. The standard InChI is InChI=1S/C13H8F2N2O4/c14-8-3-7(13(20)21)10(4-9(8)15)17-12(19)6-1-2-11(18)16-5-6/h1-5H,(H,16,18)(H,17,19)(H,20,21). The minimum Gasteiger partial charge on any atom is -0.478 e. The van der Waals surface area contributed by atoms with Gasteiger partial charge in [0.15, 0.2) is 11.6 Å². The molecule has 0 spiro atoms. The molecule has 6 nitrogen and oxygen atoms in total. The Labute approximate surface area is 116 Å². The molecule has 1 heterocycles. The Bertz CT molecular complexity index is 766. The van der Waals surface area contributed by atoms with Crippen LogP contribution in [0, 0.1) is 11.6 Å². The maximum absolute atomic E-state index is 13.2. The van der Waals surface area contributed by atoms with Gasteiger partial charge < -0.3 is 15.4 Å². The summed E-state index contributed by atoms with van der Waals surface area (Å²) in [5.41, 5.74) is -1.38. The second-order valence-corrected chi connectivity index (χ2v) is 4.01. The molecule has 1 amide bonds. The van der Waals surface area contributed by atoms with Gasteiger partial charge in [0, 0.05) is 18.3 Å². The topological polar surface area (TPSA) is 99.3 Å². The van der Waals surface area contributed by atoms with Crippen molar-refractivity contribution < 1.29 is 23.5 Å². The van der Waals surface area contributed by atoms with Crippen LogP contribution in [-0.2, 0) is 0 Å². The number of anilines is 1. The SMILES string of the molecule is O=C(Nc1cc(F)c(F)cc1C(=O)O)c1ccc(=O)[nH]c1. The minimum atomic E-state index is -1.52. The number of carboxylic acid groups (broad SMARTS) is 1. The number of rotatable bonds is 3. The average molecular weight is 294 g/mol. The van der Waals surface area contributed by atoms with Crippen LogP contribution in [0.25, 0.3) is 0 Å². The molecule has 21 heavy (non-hydrogen) atoms. The molecule has 0 aliphatic carbocycles. The first-order chi connectivity index (χ1) is 9.88. The third-order valence-corrected chi connectivity index (χ3v) is 2.59. The van der Waals surface area contributed by atoms with Crippen molar-refractivity contribution in [3.63, 3.8) is 0 Å². The number of aromatic carboxylic acids is 1. The van der Waals surface area contributed by atoms with Gasteiger partial charge in [0.2, 0.25) is 5.56 Å². The van der Waals surface area contributed by atoms with Crippen LogP contribution in [0.4, 0.5) is 14.5 Å². The molecule has 3 N–H and O–H groups in total. The Kier molecular flexibility index (Phi) is 3.79. The van der Waals surface area contributed by atoms with Gasteiger partial charge in [-0.2, -0.15) is 0 Å². The number of halogens is 2. The summed E-state index contributed by atoms with van der Waals surface area (Å²) in [5.74, 6) is -4.93. The van der Waals surface area contributed by atoms with Gasteiger partial charge in [-0.25, -0.2) is 13.6 Å². The minimum absolute atomic E-state index is 0.0238. The van der Waals surface area contributed by atoms with Gasteiger partial charge in [-0.15, -0.1) is 0 Å². The molecule has 2 rings (SSSR count). The predicted octanol–water partition coefficient (Wildman–Crippen LogP) is 1.60. The average Bonchev–Trinajstić information content (AvgIpc) is 2.43. The van der Waals surface area contributed by atoms with Crippen LogP contribution in [0.1, 0.15) is 20.7 Å². The molecule has 0 fully saturated rings. The van der Waals surface area contributed by atoms with Gasteiger partial charge in [0.25, 0.3) is 5.91 Å². The van der Waals surface area contributed by atoms with E-state index >= 15 is 0 Å². The number of amides is 1. The number of benzene rings is 1. The quantitative estimate of drug-likeness (QED) is 0.800. The second-order valence-electron chi connectivity index (χ2n) is 4.01. The fourth-order valence-corrected chi connectivity index (χ4v) is 1.57. The van der Waals surface area contributed by atoms with E-state index in [1.807, 2.05) is 0 Å². The van der Waals surface area contributed by atoms with Crippen molar-refractivity contribution in [3.8, 4) is 0 Å². The molecule has 0 aliphatic rings. The van der Waals surface area contributed by atoms with Gasteiger partial charge in [-0.3, -0.25) is 9.59 Å². The van der Waals surface area contributed by atoms with Crippen LogP contribution in [0.3, 0.4) is 0 Å². The summed E-state index contributed by atoms with van der Waals surface area (Å²) in [6.45, 7) is 0. The number of H-pyrrole nitrogens is 1. The van der Waals surface area contributed by atoms with Crippen molar-refractivity contribution in [1.82, 2.24) is 4.98 Å².